The summed E-state index contributed by atoms with van der Waals surface area (Å²) in [5.74, 6) is 0.912. The smallest absolute Gasteiger partial charge is 0.123 e. The van der Waals surface area contributed by atoms with Gasteiger partial charge in [0.1, 0.15) is 18.0 Å². The van der Waals surface area contributed by atoms with Crippen molar-refractivity contribution in [3.8, 4) is 5.75 Å². The molecule has 1 heterocycles. The molecule has 0 radical (unpaired) electrons. The summed E-state index contributed by atoms with van der Waals surface area (Å²) < 4.78 is 11.0. The molecule has 1 aliphatic heterocycles. The Morgan fingerprint density at radius 2 is 2.31 bits per heavy atom. The molecule has 0 N–H and O–H groups in total. The van der Waals surface area contributed by atoms with Crippen LogP contribution in [-0.2, 0) is 4.74 Å². The molecule has 1 aromatic carbocycles. The van der Waals surface area contributed by atoms with Crippen LogP contribution in [0.3, 0.4) is 0 Å². The van der Waals surface area contributed by atoms with Crippen LogP contribution >= 0.6 is 0 Å². The van der Waals surface area contributed by atoms with E-state index >= 15 is 0 Å². The maximum atomic E-state index is 5.69. The molecular weight excluding hydrogens is 200 g/mol. The van der Waals surface area contributed by atoms with Crippen LogP contribution < -0.4 is 4.74 Å². The summed E-state index contributed by atoms with van der Waals surface area (Å²) in [6.45, 7) is 5.63. The standard InChI is InChI=1S/C14H18O2/c1-3-4-6-12-7-5-8-13(9-12)15-10-14(2)11-16-14/h4-9H,3,10-11H2,1-2H3/b6-4+. The highest BCUT2D eigenvalue weighted by molar-refractivity contribution is 5.51. The van der Waals surface area contributed by atoms with E-state index in [1.807, 2.05) is 12.1 Å². The average Bonchev–Trinajstić information content (AvgIpc) is 3.03. The van der Waals surface area contributed by atoms with Crippen molar-refractivity contribution in [1.82, 2.24) is 0 Å². The van der Waals surface area contributed by atoms with Gasteiger partial charge in [-0.25, -0.2) is 0 Å². The number of allylic oxidation sites excluding steroid dienone is 1. The largest absolute Gasteiger partial charge is 0.490 e. The van der Waals surface area contributed by atoms with Crippen molar-refractivity contribution in [3.05, 3.63) is 35.9 Å². The molecule has 2 rings (SSSR count). The maximum Gasteiger partial charge on any atom is 0.123 e. The topological polar surface area (TPSA) is 21.8 Å². The van der Waals surface area contributed by atoms with E-state index in [4.69, 9.17) is 9.47 Å². The third-order valence-corrected chi connectivity index (χ3v) is 2.59. The third kappa shape index (κ3) is 3.11. The number of rotatable bonds is 5. The van der Waals surface area contributed by atoms with E-state index in [-0.39, 0.29) is 5.60 Å². The molecule has 1 saturated heterocycles. The number of epoxide rings is 1. The van der Waals surface area contributed by atoms with Crippen LogP contribution in [0.5, 0.6) is 5.75 Å². The molecule has 0 spiro atoms. The lowest BCUT2D eigenvalue weighted by atomic mass is 10.2. The van der Waals surface area contributed by atoms with E-state index in [1.54, 1.807) is 0 Å². The molecule has 0 aromatic heterocycles. The first kappa shape index (κ1) is 11.2. The van der Waals surface area contributed by atoms with Crippen molar-refractivity contribution in [1.29, 1.82) is 0 Å². The van der Waals surface area contributed by atoms with Crippen molar-refractivity contribution in [2.45, 2.75) is 25.9 Å². The fourth-order valence-electron chi connectivity index (χ4n) is 1.40. The molecule has 2 heteroatoms. The second-order valence-electron chi connectivity index (χ2n) is 4.41. The minimum Gasteiger partial charge on any atom is -0.490 e. The Morgan fingerprint density at radius 1 is 1.50 bits per heavy atom. The highest BCUT2D eigenvalue weighted by Gasteiger charge is 2.40. The monoisotopic (exact) mass is 218 g/mol. The van der Waals surface area contributed by atoms with Crippen LogP contribution in [-0.4, -0.2) is 18.8 Å². The Kier molecular flexibility index (Phi) is 3.30. The summed E-state index contributed by atoms with van der Waals surface area (Å²) >= 11 is 0. The Balaban J connectivity index is 1.95. The van der Waals surface area contributed by atoms with Gasteiger partial charge in [0.05, 0.1) is 6.61 Å². The number of hydrogen-bond acceptors (Lipinski definition) is 2. The van der Waals surface area contributed by atoms with E-state index in [0.29, 0.717) is 6.61 Å². The Bertz CT molecular complexity index is 378. The van der Waals surface area contributed by atoms with Crippen molar-refractivity contribution in [2.24, 2.45) is 0 Å². The summed E-state index contributed by atoms with van der Waals surface area (Å²) in [6, 6.07) is 8.13. The molecule has 1 atom stereocenters. The highest BCUT2D eigenvalue weighted by Crippen LogP contribution is 2.27. The predicted octanol–water partition coefficient (Wildman–Crippen LogP) is 3.28. The van der Waals surface area contributed by atoms with Gasteiger partial charge in [0, 0.05) is 0 Å². The SMILES string of the molecule is CC/C=C/c1cccc(OCC2(C)CO2)c1. The van der Waals surface area contributed by atoms with Gasteiger partial charge in [-0.1, -0.05) is 31.2 Å². The lowest BCUT2D eigenvalue weighted by Gasteiger charge is -2.09. The van der Waals surface area contributed by atoms with Gasteiger partial charge in [-0.05, 0) is 31.0 Å². The Labute approximate surface area is 96.9 Å². The van der Waals surface area contributed by atoms with E-state index in [9.17, 15) is 0 Å². The van der Waals surface area contributed by atoms with Crippen molar-refractivity contribution < 1.29 is 9.47 Å². The number of ether oxygens (including phenoxy) is 2. The Hall–Kier alpha value is -1.28. The van der Waals surface area contributed by atoms with Crippen LogP contribution in [0, 0.1) is 0 Å². The van der Waals surface area contributed by atoms with Gasteiger partial charge in [-0.2, -0.15) is 0 Å². The van der Waals surface area contributed by atoms with Crippen molar-refractivity contribution in [2.75, 3.05) is 13.2 Å². The molecule has 0 amide bonds. The fraction of sp³-hybridized carbons (Fsp3) is 0.429. The highest BCUT2D eigenvalue weighted by atomic mass is 16.6. The van der Waals surface area contributed by atoms with Gasteiger partial charge < -0.3 is 9.47 Å². The second-order valence-corrected chi connectivity index (χ2v) is 4.41. The van der Waals surface area contributed by atoms with Gasteiger partial charge in [-0.3, -0.25) is 0 Å². The van der Waals surface area contributed by atoms with Crippen LogP contribution in [0.2, 0.25) is 0 Å². The van der Waals surface area contributed by atoms with E-state index in [1.165, 1.54) is 5.56 Å². The third-order valence-electron chi connectivity index (χ3n) is 2.59. The minimum atomic E-state index is -0.0464. The van der Waals surface area contributed by atoms with E-state index in [2.05, 4.69) is 38.1 Å². The second kappa shape index (κ2) is 4.71. The molecular formula is C14H18O2. The van der Waals surface area contributed by atoms with Gasteiger partial charge in [0.25, 0.3) is 0 Å². The first-order valence-corrected chi connectivity index (χ1v) is 5.75. The average molecular weight is 218 g/mol. The molecule has 0 bridgehead atoms. The van der Waals surface area contributed by atoms with Crippen LogP contribution in [0.25, 0.3) is 6.08 Å². The summed E-state index contributed by atoms with van der Waals surface area (Å²) in [4.78, 5) is 0. The predicted molar refractivity (Wildman–Crippen MR) is 65.6 cm³/mol. The summed E-state index contributed by atoms with van der Waals surface area (Å²) in [7, 11) is 0. The van der Waals surface area contributed by atoms with Crippen molar-refractivity contribution >= 4 is 6.08 Å². The first-order valence-electron chi connectivity index (χ1n) is 5.75. The normalized spacial score (nSPS) is 23.6. The fourth-order valence-corrected chi connectivity index (χ4v) is 1.40. The minimum absolute atomic E-state index is 0.0464. The summed E-state index contributed by atoms with van der Waals surface area (Å²) in [6.07, 6.45) is 5.31. The van der Waals surface area contributed by atoms with Crippen LogP contribution in [0.4, 0.5) is 0 Å². The van der Waals surface area contributed by atoms with Gasteiger partial charge in [0.15, 0.2) is 0 Å². The van der Waals surface area contributed by atoms with Crippen LogP contribution in [0.1, 0.15) is 25.8 Å². The van der Waals surface area contributed by atoms with Crippen molar-refractivity contribution in [3.63, 3.8) is 0 Å². The summed E-state index contributed by atoms with van der Waals surface area (Å²) in [5, 5.41) is 0. The first-order chi connectivity index (χ1) is 7.72. The Morgan fingerprint density at radius 3 is 3.00 bits per heavy atom. The summed E-state index contributed by atoms with van der Waals surface area (Å²) in [5.41, 5.74) is 1.14. The van der Waals surface area contributed by atoms with Gasteiger partial charge >= 0.3 is 0 Å². The molecule has 2 nitrogen and oxygen atoms in total. The lowest BCUT2D eigenvalue weighted by molar-refractivity contribution is 0.202. The lowest BCUT2D eigenvalue weighted by Crippen LogP contribution is -2.16. The molecule has 86 valence electrons. The molecule has 1 unspecified atom stereocenters. The quantitative estimate of drug-likeness (QED) is 0.707. The van der Waals surface area contributed by atoms with Gasteiger partial charge in [-0.15, -0.1) is 0 Å². The maximum absolute atomic E-state index is 5.69. The molecule has 0 aliphatic carbocycles. The molecule has 1 aromatic rings. The zero-order valence-corrected chi connectivity index (χ0v) is 9.90. The number of benzene rings is 1. The molecule has 0 saturated carbocycles. The molecule has 1 fully saturated rings. The van der Waals surface area contributed by atoms with Crippen LogP contribution in [0.15, 0.2) is 30.3 Å². The zero-order chi connectivity index (χ0) is 11.4. The number of hydrogen-bond donors (Lipinski definition) is 0. The molecule has 16 heavy (non-hydrogen) atoms. The van der Waals surface area contributed by atoms with E-state index < -0.39 is 0 Å². The molecule has 1 aliphatic rings. The van der Waals surface area contributed by atoms with Gasteiger partial charge in [0.2, 0.25) is 0 Å². The van der Waals surface area contributed by atoms with E-state index in [0.717, 1.165) is 18.8 Å². The zero-order valence-electron chi connectivity index (χ0n) is 9.90.